The van der Waals surface area contributed by atoms with E-state index in [1.165, 1.54) is 17.3 Å². The van der Waals surface area contributed by atoms with E-state index in [9.17, 15) is 22.8 Å². The molecule has 0 spiro atoms. The smallest absolute Gasteiger partial charge is 0.274 e. The number of halogens is 3. The summed E-state index contributed by atoms with van der Waals surface area (Å²) in [7, 11) is 0. The quantitative estimate of drug-likeness (QED) is 0.659. The van der Waals surface area contributed by atoms with Crippen LogP contribution in [0, 0.1) is 18.7 Å². The molecular weight excluding hydrogens is 447 g/mol. The molecule has 6 rings (SSSR count). The Bertz CT molecular complexity index is 1290. The molecule has 3 heterocycles. The van der Waals surface area contributed by atoms with Gasteiger partial charge in [0.25, 0.3) is 11.8 Å². The first-order valence-electron chi connectivity index (χ1n) is 11.1. The molecule has 34 heavy (non-hydrogen) atoms. The number of nitrogens with one attached hydrogen (secondary N) is 1. The molecule has 2 aromatic rings. The summed E-state index contributed by atoms with van der Waals surface area (Å²) < 4.78 is 41.4. The Morgan fingerprint density at radius 2 is 1.97 bits per heavy atom. The minimum Gasteiger partial charge on any atom is -0.330 e. The number of hydrogen-bond donors (Lipinski definition) is 2. The van der Waals surface area contributed by atoms with Crippen molar-refractivity contribution in [2.75, 3.05) is 10.2 Å². The number of nitrogens with zero attached hydrogens (tertiary/aromatic N) is 3. The fourth-order valence-electron chi connectivity index (χ4n) is 5.47. The molecule has 0 bridgehead atoms. The minimum absolute atomic E-state index is 0.169. The average Bonchev–Trinajstić information content (AvgIpc) is 3.34. The lowest BCUT2D eigenvalue weighted by Gasteiger charge is -2.46. The first kappa shape index (κ1) is 21.0. The number of aryl methyl sites for hydroxylation is 1. The Labute approximate surface area is 193 Å². The van der Waals surface area contributed by atoms with Gasteiger partial charge in [-0.25, -0.2) is 19.0 Å². The normalized spacial score (nSPS) is 22.6. The number of anilines is 2. The molecule has 3 aliphatic heterocycles. The maximum absolute atomic E-state index is 14.2. The first-order chi connectivity index (χ1) is 16.1. The second-order valence-electron chi connectivity index (χ2n) is 9.45. The number of carbonyl (C=O) groups is 2. The zero-order valence-corrected chi connectivity index (χ0v) is 18.3. The summed E-state index contributed by atoms with van der Waals surface area (Å²) in [5.41, 5.74) is 3.61. The summed E-state index contributed by atoms with van der Waals surface area (Å²) in [5, 5.41) is 4.11. The molecule has 0 radical (unpaired) electrons. The van der Waals surface area contributed by atoms with Crippen molar-refractivity contribution in [2.45, 2.75) is 44.9 Å². The van der Waals surface area contributed by atoms with Crippen molar-refractivity contribution in [3.8, 4) is 0 Å². The van der Waals surface area contributed by atoms with Gasteiger partial charge in [-0.3, -0.25) is 14.6 Å². The van der Waals surface area contributed by atoms with E-state index < -0.39 is 23.9 Å². The Balaban J connectivity index is 1.33. The van der Waals surface area contributed by atoms with E-state index in [-0.39, 0.29) is 36.8 Å². The number of hydrogen-bond acceptors (Lipinski definition) is 5. The fourth-order valence-corrected chi connectivity index (χ4v) is 5.47. The van der Waals surface area contributed by atoms with E-state index in [0.29, 0.717) is 34.6 Å². The molecule has 2 amide bonds. The van der Waals surface area contributed by atoms with Gasteiger partial charge in [-0.1, -0.05) is 12.1 Å². The molecular formula is C24H22F3N5O2. The Morgan fingerprint density at radius 1 is 1.21 bits per heavy atom. The van der Waals surface area contributed by atoms with Crippen molar-refractivity contribution in [3.63, 3.8) is 0 Å². The van der Waals surface area contributed by atoms with E-state index in [1.807, 2.05) is 0 Å². The van der Waals surface area contributed by atoms with Crippen LogP contribution in [-0.2, 0) is 17.9 Å². The van der Waals surface area contributed by atoms with Gasteiger partial charge in [-0.2, -0.15) is 0 Å². The summed E-state index contributed by atoms with van der Waals surface area (Å²) in [4.78, 5) is 29.4. The molecule has 0 saturated heterocycles. The van der Waals surface area contributed by atoms with Crippen LogP contribution in [0.5, 0.6) is 0 Å². The monoisotopic (exact) mass is 469 g/mol. The van der Waals surface area contributed by atoms with Crippen LogP contribution in [-0.4, -0.2) is 33.8 Å². The van der Waals surface area contributed by atoms with Gasteiger partial charge in [0.05, 0.1) is 11.4 Å². The third-order valence-corrected chi connectivity index (χ3v) is 7.17. The molecule has 10 heteroatoms. The van der Waals surface area contributed by atoms with Crippen molar-refractivity contribution in [1.29, 1.82) is 0 Å². The van der Waals surface area contributed by atoms with Gasteiger partial charge >= 0.3 is 0 Å². The van der Waals surface area contributed by atoms with Crippen molar-refractivity contribution >= 4 is 23.2 Å². The van der Waals surface area contributed by atoms with Gasteiger partial charge in [-0.15, -0.1) is 0 Å². The predicted molar refractivity (Wildman–Crippen MR) is 118 cm³/mol. The molecule has 0 aromatic heterocycles. The number of benzene rings is 2. The maximum atomic E-state index is 14.2. The van der Waals surface area contributed by atoms with E-state index in [2.05, 4.69) is 5.32 Å². The predicted octanol–water partition coefficient (Wildman–Crippen LogP) is 3.45. The highest BCUT2D eigenvalue weighted by molar-refractivity contribution is 6.13. The number of rotatable bonds is 2. The Morgan fingerprint density at radius 3 is 2.68 bits per heavy atom. The van der Waals surface area contributed by atoms with E-state index in [1.54, 1.807) is 41.0 Å². The van der Waals surface area contributed by atoms with Gasteiger partial charge in [-0.05, 0) is 36.2 Å². The molecule has 4 aliphatic rings. The number of nitrogens with two attached hydrogens (primary N) is 1. The Hall–Kier alpha value is -3.53. The third kappa shape index (κ3) is 3.01. The zero-order chi connectivity index (χ0) is 23.9. The molecule has 1 fully saturated rings. The lowest BCUT2D eigenvalue weighted by atomic mass is 9.78. The largest absolute Gasteiger partial charge is 0.330 e. The van der Waals surface area contributed by atoms with Crippen LogP contribution in [0.25, 0.3) is 0 Å². The van der Waals surface area contributed by atoms with Crippen LogP contribution in [0.15, 0.2) is 42.2 Å². The molecule has 1 saturated carbocycles. The second kappa shape index (κ2) is 6.99. The van der Waals surface area contributed by atoms with E-state index in [4.69, 9.17) is 5.84 Å². The number of fused-ring (bicyclic) bond motifs is 4. The number of alkyl halides is 2. The van der Waals surface area contributed by atoms with Gasteiger partial charge < -0.3 is 15.1 Å². The van der Waals surface area contributed by atoms with Crippen molar-refractivity contribution < 1.29 is 22.8 Å². The van der Waals surface area contributed by atoms with Gasteiger partial charge in [0.2, 0.25) is 5.92 Å². The maximum Gasteiger partial charge on any atom is 0.274 e. The van der Waals surface area contributed by atoms with E-state index in [0.717, 1.165) is 5.56 Å². The van der Waals surface area contributed by atoms with Gasteiger partial charge in [0, 0.05) is 49.2 Å². The molecule has 7 nitrogen and oxygen atoms in total. The summed E-state index contributed by atoms with van der Waals surface area (Å²) in [6, 6.07) is 8.17. The topological polar surface area (TPSA) is 81.9 Å². The molecule has 2 aromatic carbocycles. The highest BCUT2D eigenvalue weighted by atomic mass is 19.3. The molecule has 3 N–H and O–H groups in total. The fraction of sp³-hybridized carbons (Fsp3) is 0.333. The van der Waals surface area contributed by atoms with Gasteiger partial charge in [0.1, 0.15) is 17.7 Å². The standard InChI is InChI=1S/C24H22F3N5O2/c1-12-5-19-18(6-15(12)23(34)30-9-13-3-2-4-17(25)16(13)10-30)29-21(33)20-11-31(28)22(32(19)20)14-7-24(26,27)8-14/h2-6,11,14,22H,7-10,28H2,1H3,(H,29,33). The van der Waals surface area contributed by atoms with Crippen LogP contribution in [0.2, 0.25) is 0 Å². The number of hydrazine groups is 1. The van der Waals surface area contributed by atoms with Crippen molar-refractivity contribution in [3.05, 3.63) is 70.3 Å². The molecule has 1 aliphatic carbocycles. The SMILES string of the molecule is Cc1cc2c(cc1C(=O)N1Cc3cccc(F)c3C1)NC(=O)C1=CN(N)C(C3CC(F)(F)C3)N12. The van der Waals surface area contributed by atoms with E-state index >= 15 is 0 Å². The highest BCUT2D eigenvalue weighted by Gasteiger charge is 2.54. The molecule has 1 unspecified atom stereocenters. The van der Waals surface area contributed by atoms with Gasteiger partial charge in [0.15, 0.2) is 0 Å². The lowest BCUT2D eigenvalue weighted by molar-refractivity contribution is -0.126. The number of amides is 2. The summed E-state index contributed by atoms with van der Waals surface area (Å²) in [6.07, 6.45) is 0.240. The van der Waals surface area contributed by atoms with Crippen LogP contribution in [0.1, 0.15) is 39.9 Å². The van der Waals surface area contributed by atoms with Crippen molar-refractivity contribution in [1.82, 2.24) is 9.91 Å². The van der Waals surface area contributed by atoms with Crippen LogP contribution in [0.4, 0.5) is 24.5 Å². The summed E-state index contributed by atoms with van der Waals surface area (Å²) in [5.74, 6) is 1.94. The summed E-state index contributed by atoms with van der Waals surface area (Å²) in [6.45, 7) is 2.25. The van der Waals surface area contributed by atoms with Crippen LogP contribution < -0.4 is 16.1 Å². The Kier molecular flexibility index (Phi) is 4.32. The minimum atomic E-state index is -2.73. The highest BCUT2D eigenvalue weighted by Crippen LogP contribution is 2.50. The molecule has 176 valence electrons. The second-order valence-corrected chi connectivity index (χ2v) is 9.45. The average molecular weight is 469 g/mol. The molecule has 1 atom stereocenters. The first-order valence-corrected chi connectivity index (χ1v) is 11.1. The number of carbonyl (C=O) groups excluding carboxylic acids is 2. The lowest BCUT2D eigenvalue weighted by Crippen LogP contribution is -2.56. The van der Waals surface area contributed by atoms with Crippen LogP contribution >= 0.6 is 0 Å². The third-order valence-electron chi connectivity index (χ3n) is 7.17. The summed E-state index contributed by atoms with van der Waals surface area (Å²) >= 11 is 0. The van der Waals surface area contributed by atoms with Crippen LogP contribution in [0.3, 0.4) is 0 Å². The zero-order valence-electron chi connectivity index (χ0n) is 18.3. The van der Waals surface area contributed by atoms with Crippen molar-refractivity contribution in [2.24, 2.45) is 11.8 Å².